The molecule has 0 saturated carbocycles. The maximum Gasteiger partial charge on any atom is 0.162 e. The number of allylic oxidation sites excluding steroid dienone is 1. The Morgan fingerprint density at radius 1 is 1.22 bits per heavy atom. The van der Waals surface area contributed by atoms with E-state index in [-0.39, 0.29) is 12.5 Å². The smallest absolute Gasteiger partial charge is 0.162 e. The minimum atomic E-state index is -1.65. The topological polar surface area (TPSA) is 38.7 Å². The SMILES string of the molecule is COC(C)(C)OCC1=CC[C@H]([Si](C)(C)c2ccccc2)[C@H]1CO. The van der Waals surface area contributed by atoms with Crippen LogP contribution in [0, 0.1) is 5.92 Å². The minimum absolute atomic E-state index is 0.191. The molecule has 2 atom stereocenters. The lowest BCUT2D eigenvalue weighted by molar-refractivity contribution is -0.192. The van der Waals surface area contributed by atoms with E-state index in [2.05, 4.69) is 49.5 Å². The highest BCUT2D eigenvalue weighted by Crippen LogP contribution is 2.43. The standard InChI is InChI=1S/C19H30O3Si/c1-19(2,21-3)22-14-15-11-12-18(17(15)13-20)23(4,5)16-9-7-6-8-10-16/h6-11,17-18,20H,12-14H2,1-5H3/t17-,18-/m0/s1. The second-order valence-electron chi connectivity index (χ2n) is 7.39. The molecule has 0 aromatic heterocycles. The first-order valence-electron chi connectivity index (χ1n) is 8.36. The lowest BCUT2D eigenvalue weighted by Crippen LogP contribution is -2.48. The predicted octanol–water partition coefficient (Wildman–Crippen LogP) is 3.31. The van der Waals surface area contributed by atoms with Crippen LogP contribution >= 0.6 is 0 Å². The van der Waals surface area contributed by atoms with Crippen molar-refractivity contribution in [3.8, 4) is 0 Å². The summed E-state index contributed by atoms with van der Waals surface area (Å²) in [6.45, 7) is 9.37. The molecule has 0 amide bonds. The summed E-state index contributed by atoms with van der Waals surface area (Å²) in [5.41, 5.74) is 1.73. The number of methoxy groups -OCH3 is 1. The van der Waals surface area contributed by atoms with Crippen LogP contribution in [-0.2, 0) is 9.47 Å². The third kappa shape index (κ3) is 4.12. The van der Waals surface area contributed by atoms with E-state index in [4.69, 9.17) is 9.47 Å². The van der Waals surface area contributed by atoms with Gasteiger partial charge in [0.25, 0.3) is 0 Å². The zero-order chi connectivity index (χ0) is 17.1. The monoisotopic (exact) mass is 334 g/mol. The van der Waals surface area contributed by atoms with Crippen LogP contribution < -0.4 is 5.19 Å². The molecule has 1 N–H and O–H groups in total. The van der Waals surface area contributed by atoms with Crippen molar-refractivity contribution in [2.45, 2.75) is 44.7 Å². The Hall–Kier alpha value is -0.943. The van der Waals surface area contributed by atoms with Gasteiger partial charge >= 0.3 is 0 Å². The highest BCUT2D eigenvalue weighted by molar-refractivity contribution is 6.91. The van der Waals surface area contributed by atoms with Gasteiger partial charge in [0.05, 0.1) is 14.7 Å². The molecule has 1 aromatic rings. The summed E-state index contributed by atoms with van der Waals surface area (Å²) in [5, 5.41) is 11.5. The van der Waals surface area contributed by atoms with Crippen molar-refractivity contribution in [2.24, 2.45) is 5.92 Å². The van der Waals surface area contributed by atoms with Gasteiger partial charge in [0.15, 0.2) is 5.79 Å². The van der Waals surface area contributed by atoms with Crippen molar-refractivity contribution in [2.75, 3.05) is 20.3 Å². The van der Waals surface area contributed by atoms with Crippen molar-refractivity contribution in [1.29, 1.82) is 0 Å². The molecule has 0 bridgehead atoms. The average Bonchev–Trinajstić information content (AvgIpc) is 2.97. The molecular weight excluding hydrogens is 304 g/mol. The first-order chi connectivity index (χ1) is 10.8. The van der Waals surface area contributed by atoms with E-state index < -0.39 is 13.9 Å². The highest BCUT2D eigenvalue weighted by Gasteiger charge is 2.42. The molecule has 128 valence electrons. The number of ether oxygens (including phenoxy) is 2. The van der Waals surface area contributed by atoms with Crippen molar-refractivity contribution in [3.05, 3.63) is 42.0 Å². The van der Waals surface area contributed by atoms with Gasteiger partial charge in [-0.05, 0) is 31.4 Å². The van der Waals surface area contributed by atoms with Crippen LogP contribution in [-0.4, -0.2) is 39.3 Å². The molecule has 23 heavy (non-hydrogen) atoms. The van der Waals surface area contributed by atoms with E-state index in [1.165, 1.54) is 10.8 Å². The lowest BCUT2D eigenvalue weighted by Gasteiger charge is -2.35. The summed E-state index contributed by atoms with van der Waals surface area (Å²) in [6.07, 6.45) is 3.31. The molecule has 0 aliphatic heterocycles. The molecule has 4 heteroatoms. The van der Waals surface area contributed by atoms with Gasteiger partial charge in [-0.15, -0.1) is 0 Å². The van der Waals surface area contributed by atoms with Gasteiger partial charge in [-0.25, -0.2) is 0 Å². The highest BCUT2D eigenvalue weighted by atomic mass is 28.3. The minimum Gasteiger partial charge on any atom is -0.396 e. The molecule has 0 heterocycles. The second kappa shape index (κ2) is 7.30. The third-order valence-corrected chi connectivity index (χ3v) is 9.63. The van der Waals surface area contributed by atoms with Crippen molar-refractivity contribution < 1.29 is 14.6 Å². The van der Waals surface area contributed by atoms with Crippen LogP contribution in [0.2, 0.25) is 18.6 Å². The van der Waals surface area contributed by atoms with Gasteiger partial charge in [-0.1, -0.05) is 54.7 Å². The van der Waals surface area contributed by atoms with E-state index in [1.54, 1.807) is 7.11 Å². The van der Waals surface area contributed by atoms with Gasteiger partial charge < -0.3 is 14.6 Å². The van der Waals surface area contributed by atoms with E-state index in [0.717, 1.165) is 6.42 Å². The van der Waals surface area contributed by atoms with Crippen LogP contribution in [0.3, 0.4) is 0 Å². The fraction of sp³-hybridized carbons (Fsp3) is 0.579. The number of hydrogen-bond donors (Lipinski definition) is 1. The van der Waals surface area contributed by atoms with Crippen LogP contribution in [0.25, 0.3) is 0 Å². The Balaban J connectivity index is 2.12. The van der Waals surface area contributed by atoms with Gasteiger partial charge in [0, 0.05) is 19.6 Å². The largest absolute Gasteiger partial charge is 0.396 e. The maximum atomic E-state index is 10.00. The molecule has 1 aliphatic carbocycles. The Kier molecular flexibility index (Phi) is 5.84. The van der Waals surface area contributed by atoms with E-state index >= 15 is 0 Å². The molecular formula is C19H30O3Si. The molecule has 0 spiro atoms. The molecule has 0 unspecified atom stereocenters. The zero-order valence-corrected chi connectivity index (χ0v) is 16.0. The first-order valence-corrected chi connectivity index (χ1v) is 11.4. The summed E-state index contributed by atoms with van der Waals surface area (Å²) in [6, 6.07) is 10.8. The Bertz CT molecular complexity index is 537. The summed E-state index contributed by atoms with van der Waals surface area (Å²) < 4.78 is 11.2. The first kappa shape index (κ1) is 18.4. The maximum absolute atomic E-state index is 10.00. The normalized spacial score (nSPS) is 22.3. The fourth-order valence-electron chi connectivity index (χ4n) is 3.46. The fourth-order valence-corrected chi connectivity index (χ4v) is 6.97. The number of rotatable bonds is 7. The molecule has 1 aromatic carbocycles. The van der Waals surface area contributed by atoms with Gasteiger partial charge in [0.1, 0.15) is 0 Å². The summed E-state index contributed by atoms with van der Waals surface area (Å²) in [5.74, 6) is -0.393. The number of benzene rings is 1. The summed E-state index contributed by atoms with van der Waals surface area (Å²) in [7, 11) is -0.000763. The van der Waals surface area contributed by atoms with Crippen LogP contribution in [0.4, 0.5) is 0 Å². The van der Waals surface area contributed by atoms with E-state index in [1.807, 2.05) is 13.8 Å². The van der Waals surface area contributed by atoms with Crippen molar-refractivity contribution >= 4 is 13.3 Å². The third-order valence-electron chi connectivity index (χ3n) is 5.32. The molecule has 1 aliphatic rings. The quantitative estimate of drug-likeness (QED) is 0.472. The van der Waals surface area contributed by atoms with Crippen molar-refractivity contribution in [3.63, 3.8) is 0 Å². The number of aliphatic hydroxyl groups excluding tert-OH is 1. The Morgan fingerprint density at radius 3 is 2.43 bits per heavy atom. The van der Waals surface area contributed by atoms with Gasteiger partial charge in [0.2, 0.25) is 0 Å². The number of hydrogen-bond acceptors (Lipinski definition) is 3. The molecule has 0 saturated heterocycles. The Morgan fingerprint density at radius 2 is 1.87 bits per heavy atom. The summed E-state index contributed by atoms with van der Waals surface area (Å²) in [4.78, 5) is 0. The Labute approximate surface area is 141 Å². The second-order valence-corrected chi connectivity index (χ2v) is 12.2. The summed E-state index contributed by atoms with van der Waals surface area (Å²) >= 11 is 0. The van der Waals surface area contributed by atoms with E-state index in [0.29, 0.717) is 12.1 Å². The average molecular weight is 335 g/mol. The molecule has 0 radical (unpaired) electrons. The van der Waals surface area contributed by atoms with Crippen LogP contribution in [0.5, 0.6) is 0 Å². The number of aliphatic hydroxyl groups is 1. The van der Waals surface area contributed by atoms with E-state index in [9.17, 15) is 5.11 Å². The molecule has 0 fully saturated rings. The molecule has 2 rings (SSSR count). The zero-order valence-electron chi connectivity index (χ0n) is 15.0. The molecule has 3 nitrogen and oxygen atoms in total. The van der Waals surface area contributed by atoms with Gasteiger partial charge in [-0.2, -0.15) is 0 Å². The van der Waals surface area contributed by atoms with Crippen molar-refractivity contribution in [1.82, 2.24) is 0 Å². The lowest BCUT2D eigenvalue weighted by atomic mass is 10.0. The van der Waals surface area contributed by atoms with Gasteiger partial charge in [-0.3, -0.25) is 0 Å². The van der Waals surface area contributed by atoms with Crippen LogP contribution in [0.1, 0.15) is 20.3 Å². The predicted molar refractivity (Wildman–Crippen MR) is 97.6 cm³/mol. The van der Waals surface area contributed by atoms with Crippen LogP contribution in [0.15, 0.2) is 42.0 Å².